The van der Waals surface area contributed by atoms with Crippen LogP contribution >= 0.6 is 0 Å². The second-order valence-corrected chi connectivity index (χ2v) is 9.67. The normalized spacial score (nSPS) is 26.7. The third-order valence-corrected chi connectivity index (χ3v) is 6.57. The summed E-state index contributed by atoms with van der Waals surface area (Å²) in [4.78, 5) is 28.4. The SMILES string of the molecule is CNC(=O)c1cc(Oc2ccc(NC(=O)NC3(C)CC4CC(C)CC(C4)C3)cc2)ccn1. The third-order valence-electron chi connectivity index (χ3n) is 6.57. The molecule has 0 saturated heterocycles. The van der Waals surface area contributed by atoms with Crippen LogP contribution in [0.1, 0.15) is 56.4 Å². The number of amides is 3. The van der Waals surface area contributed by atoms with Crippen LogP contribution in [-0.2, 0) is 0 Å². The lowest BCUT2D eigenvalue weighted by molar-refractivity contribution is 0.0796. The van der Waals surface area contributed by atoms with Crippen molar-refractivity contribution in [2.45, 2.75) is 51.5 Å². The van der Waals surface area contributed by atoms with Crippen LogP contribution in [0.5, 0.6) is 11.5 Å². The molecule has 0 spiro atoms. The molecule has 3 N–H and O–H groups in total. The molecule has 2 fully saturated rings. The van der Waals surface area contributed by atoms with Gasteiger partial charge in [-0.1, -0.05) is 6.92 Å². The summed E-state index contributed by atoms with van der Waals surface area (Å²) in [6, 6.07) is 10.3. The van der Waals surface area contributed by atoms with Gasteiger partial charge in [-0.3, -0.25) is 9.78 Å². The van der Waals surface area contributed by atoms with Crippen molar-refractivity contribution in [3.63, 3.8) is 0 Å². The second-order valence-electron chi connectivity index (χ2n) is 9.67. The summed E-state index contributed by atoms with van der Waals surface area (Å²) in [6.45, 7) is 4.53. The second kappa shape index (κ2) is 9.18. The molecular weight excluding hydrogens is 404 g/mol. The first-order valence-corrected chi connectivity index (χ1v) is 11.4. The van der Waals surface area contributed by atoms with Crippen molar-refractivity contribution in [2.24, 2.45) is 17.8 Å². The molecular formula is C25H32N4O3. The molecule has 32 heavy (non-hydrogen) atoms. The van der Waals surface area contributed by atoms with Gasteiger partial charge in [0.25, 0.3) is 5.91 Å². The third kappa shape index (κ3) is 5.39. The number of hydrogen-bond donors (Lipinski definition) is 3. The highest BCUT2D eigenvalue weighted by Gasteiger charge is 2.41. The van der Waals surface area contributed by atoms with Gasteiger partial charge in [0.05, 0.1) is 0 Å². The van der Waals surface area contributed by atoms with E-state index in [1.807, 2.05) is 0 Å². The topological polar surface area (TPSA) is 92.4 Å². The fourth-order valence-corrected chi connectivity index (χ4v) is 5.60. The highest BCUT2D eigenvalue weighted by molar-refractivity contribution is 5.92. The lowest BCUT2D eigenvalue weighted by atomic mass is 9.63. The Balaban J connectivity index is 1.33. The molecule has 2 aliphatic rings. The molecule has 2 atom stereocenters. The van der Waals surface area contributed by atoms with E-state index < -0.39 is 0 Å². The van der Waals surface area contributed by atoms with E-state index in [0.717, 1.165) is 30.6 Å². The predicted molar refractivity (Wildman–Crippen MR) is 124 cm³/mol. The van der Waals surface area contributed by atoms with E-state index in [0.29, 0.717) is 17.2 Å². The zero-order chi connectivity index (χ0) is 22.7. The van der Waals surface area contributed by atoms with Crippen molar-refractivity contribution in [1.82, 2.24) is 15.6 Å². The Morgan fingerprint density at radius 1 is 1.03 bits per heavy atom. The van der Waals surface area contributed by atoms with Crippen molar-refractivity contribution in [2.75, 3.05) is 12.4 Å². The fraction of sp³-hybridized carbons (Fsp3) is 0.480. The van der Waals surface area contributed by atoms with Crippen LogP contribution < -0.4 is 20.7 Å². The molecule has 0 radical (unpaired) electrons. The van der Waals surface area contributed by atoms with E-state index in [2.05, 4.69) is 34.8 Å². The largest absolute Gasteiger partial charge is 0.457 e. The lowest BCUT2D eigenvalue weighted by Gasteiger charge is -2.47. The van der Waals surface area contributed by atoms with Gasteiger partial charge in [0.2, 0.25) is 0 Å². The average molecular weight is 437 g/mol. The number of rotatable bonds is 5. The van der Waals surface area contributed by atoms with E-state index in [1.54, 1.807) is 43.4 Å². The van der Waals surface area contributed by atoms with Gasteiger partial charge in [-0.25, -0.2) is 4.79 Å². The molecule has 1 heterocycles. The first-order chi connectivity index (χ1) is 15.3. The molecule has 0 aliphatic heterocycles. The highest BCUT2D eigenvalue weighted by atomic mass is 16.5. The van der Waals surface area contributed by atoms with Crippen LogP contribution in [0, 0.1) is 17.8 Å². The molecule has 2 bridgehead atoms. The first kappa shape index (κ1) is 22.1. The number of urea groups is 1. The zero-order valence-electron chi connectivity index (χ0n) is 19.0. The van der Waals surface area contributed by atoms with Crippen molar-refractivity contribution >= 4 is 17.6 Å². The summed E-state index contributed by atoms with van der Waals surface area (Å²) in [5.41, 5.74) is 0.837. The van der Waals surface area contributed by atoms with Gasteiger partial charge < -0.3 is 20.7 Å². The van der Waals surface area contributed by atoms with Crippen molar-refractivity contribution in [3.8, 4) is 11.5 Å². The monoisotopic (exact) mass is 436 g/mol. The number of hydrogen-bond acceptors (Lipinski definition) is 4. The number of pyridine rings is 1. The molecule has 2 unspecified atom stereocenters. The van der Waals surface area contributed by atoms with Gasteiger partial charge in [0.1, 0.15) is 17.2 Å². The van der Waals surface area contributed by atoms with Gasteiger partial charge in [-0.05, 0) is 87.1 Å². The minimum atomic E-state index is -0.272. The van der Waals surface area contributed by atoms with E-state index in [9.17, 15) is 9.59 Å². The predicted octanol–water partition coefficient (Wildman–Crippen LogP) is 4.96. The van der Waals surface area contributed by atoms with Crippen LogP contribution in [0.15, 0.2) is 42.6 Å². The maximum absolute atomic E-state index is 12.7. The van der Waals surface area contributed by atoms with E-state index in [-0.39, 0.29) is 23.2 Å². The quantitative estimate of drug-likeness (QED) is 0.618. The van der Waals surface area contributed by atoms with Gasteiger partial charge in [0.15, 0.2) is 0 Å². The molecule has 3 amide bonds. The number of fused-ring (bicyclic) bond motifs is 2. The van der Waals surface area contributed by atoms with Gasteiger partial charge in [0, 0.05) is 30.5 Å². The molecule has 2 saturated carbocycles. The maximum Gasteiger partial charge on any atom is 0.319 e. The zero-order valence-corrected chi connectivity index (χ0v) is 19.0. The van der Waals surface area contributed by atoms with Crippen LogP contribution in [0.3, 0.4) is 0 Å². The summed E-state index contributed by atoms with van der Waals surface area (Å²) < 4.78 is 5.81. The molecule has 2 aromatic rings. The van der Waals surface area contributed by atoms with Crippen LogP contribution in [0.2, 0.25) is 0 Å². The summed E-state index contributed by atoms with van der Waals surface area (Å²) in [6.07, 6.45) is 7.50. The smallest absolute Gasteiger partial charge is 0.319 e. The minimum absolute atomic E-state index is 0.148. The highest BCUT2D eigenvalue weighted by Crippen LogP contribution is 2.46. The molecule has 7 heteroatoms. The van der Waals surface area contributed by atoms with Gasteiger partial charge >= 0.3 is 6.03 Å². The fourth-order valence-electron chi connectivity index (χ4n) is 5.60. The van der Waals surface area contributed by atoms with Crippen LogP contribution in [0.4, 0.5) is 10.5 Å². The Labute approximate surface area is 189 Å². The molecule has 1 aromatic heterocycles. The lowest BCUT2D eigenvalue weighted by Crippen LogP contribution is -2.53. The Morgan fingerprint density at radius 3 is 2.38 bits per heavy atom. The molecule has 4 rings (SSSR count). The van der Waals surface area contributed by atoms with E-state index in [4.69, 9.17) is 4.74 Å². The number of nitrogens with zero attached hydrogens (tertiary/aromatic N) is 1. The van der Waals surface area contributed by atoms with Crippen molar-refractivity contribution in [1.29, 1.82) is 0 Å². The number of nitrogens with one attached hydrogen (secondary N) is 3. The Hall–Kier alpha value is -3.09. The summed E-state index contributed by atoms with van der Waals surface area (Å²) in [7, 11) is 1.56. The number of ether oxygens (including phenoxy) is 1. The number of carbonyl (C=O) groups excluding carboxylic acids is 2. The van der Waals surface area contributed by atoms with E-state index >= 15 is 0 Å². The minimum Gasteiger partial charge on any atom is -0.457 e. The number of anilines is 1. The summed E-state index contributed by atoms with van der Waals surface area (Å²) in [5, 5.41) is 8.72. The Kier molecular flexibility index (Phi) is 6.35. The van der Waals surface area contributed by atoms with Gasteiger partial charge in [-0.15, -0.1) is 0 Å². The van der Waals surface area contributed by atoms with Crippen molar-refractivity contribution in [3.05, 3.63) is 48.3 Å². The average Bonchev–Trinajstić information content (AvgIpc) is 2.73. The first-order valence-electron chi connectivity index (χ1n) is 11.4. The number of carbonyl (C=O) groups is 2. The van der Waals surface area contributed by atoms with Gasteiger partial charge in [-0.2, -0.15) is 0 Å². The standard InChI is InChI=1S/C25H32N4O3/c1-16-10-17-12-18(11-16)15-25(2,14-17)29-24(31)28-19-4-6-20(7-5-19)32-21-8-9-27-22(13-21)23(30)26-3/h4-9,13,16-18H,10-12,14-15H2,1-3H3,(H,26,30)(H2,28,29,31). The molecule has 2 aliphatic carbocycles. The Morgan fingerprint density at radius 2 is 1.72 bits per heavy atom. The van der Waals surface area contributed by atoms with Crippen LogP contribution in [0.25, 0.3) is 0 Å². The molecule has 1 aromatic carbocycles. The summed E-state index contributed by atoms with van der Waals surface area (Å²) >= 11 is 0. The summed E-state index contributed by atoms with van der Waals surface area (Å²) in [5.74, 6) is 3.09. The number of aromatic nitrogens is 1. The Bertz CT molecular complexity index is 957. The number of benzene rings is 1. The van der Waals surface area contributed by atoms with Crippen LogP contribution in [-0.4, -0.2) is 29.5 Å². The molecule has 7 nitrogen and oxygen atoms in total. The maximum atomic E-state index is 12.7. The molecule has 170 valence electrons. The van der Waals surface area contributed by atoms with E-state index in [1.165, 1.54) is 25.5 Å². The van der Waals surface area contributed by atoms with Crippen molar-refractivity contribution < 1.29 is 14.3 Å².